The van der Waals surface area contributed by atoms with Crippen molar-refractivity contribution in [1.29, 1.82) is 0 Å². The van der Waals surface area contributed by atoms with E-state index in [0.717, 1.165) is 0 Å². The Labute approximate surface area is 122 Å². The van der Waals surface area contributed by atoms with Crippen LogP contribution in [-0.4, -0.2) is 10.7 Å². The van der Waals surface area contributed by atoms with Crippen molar-refractivity contribution in [3.8, 4) is 0 Å². The zero-order valence-corrected chi connectivity index (χ0v) is 16.1. The molecule has 0 aromatic carbocycles. The maximum absolute atomic E-state index is 10.3. The molecule has 1 nitrogen and oxygen atoms in total. The van der Waals surface area contributed by atoms with E-state index in [-0.39, 0.29) is 51.1 Å². The van der Waals surface area contributed by atoms with Crippen molar-refractivity contribution in [3.05, 3.63) is 12.7 Å². The van der Waals surface area contributed by atoms with Gasteiger partial charge in [0.05, 0.1) is 0 Å². The van der Waals surface area contributed by atoms with E-state index >= 15 is 0 Å². The number of hydrogen-bond acceptors (Lipinski definition) is 1. The fourth-order valence-electron chi connectivity index (χ4n) is 1.36. The molecule has 0 aromatic heterocycles. The second kappa shape index (κ2) is 8.35. The van der Waals surface area contributed by atoms with Gasteiger partial charge in [-0.15, -0.1) is 0 Å². The fourth-order valence-corrected chi connectivity index (χ4v) is 1.36. The molecule has 0 aliphatic heterocycles. The van der Waals surface area contributed by atoms with E-state index in [9.17, 15) is 5.11 Å². The van der Waals surface area contributed by atoms with Crippen LogP contribution in [0.15, 0.2) is 6.58 Å². The van der Waals surface area contributed by atoms with Gasteiger partial charge < -0.3 is 11.2 Å². The third-order valence-electron chi connectivity index (χ3n) is 2.32. The third kappa shape index (κ3) is 8.33. The van der Waals surface area contributed by atoms with Gasteiger partial charge in [-0.25, -0.2) is 0 Å². The normalized spacial score (nSPS) is 14.7. The van der Waals surface area contributed by atoms with E-state index in [0.29, 0.717) is 6.42 Å². The molecule has 1 N–H and O–H groups in total. The Morgan fingerprint density at radius 3 is 1.38 bits per heavy atom. The van der Waals surface area contributed by atoms with Crippen LogP contribution in [0.25, 0.3) is 0 Å². The van der Waals surface area contributed by atoms with Crippen molar-refractivity contribution < 1.29 is 25.5 Å². The molecule has 0 saturated carbocycles. The summed E-state index contributed by atoms with van der Waals surface area (Å²) in [7, 11) is 0. The van der Waals surface area contributed by atoms with E-state index in [1.807, 2.05) is 20.8 Å². The Kier molecular flexibility index (Phi) is 13.5. The van der Waals surface area contributed by atoms with Crippen LogP contribution in [0.5, 0.6) is 0 Å². The molecule has 104 valence electrons. The van der Waals surface area contributed by atoms with Crippen LogP contribution in [0.4, 0.5) is 0 Å². The topological polar surface area (TPSA) is 20.2 Å². The summed E-state index contributed by atoms with van der Waals surface area (Å²) in [5.41, 5.74) is -1.01. The molecular formula is C12H30OP2Pd. The predicted octanol–water partition coefficient (Wildman–Crippen LogP) is 3.03. The predicted molar refractivity (Wildman–Crippen MR) is 81.0 cm³/mol. The summed E-state index contributed by atoms with van der Waals surface area (Å²) in [6, 6.07) is 0. The van der Waals surface area contributed by atoms with Gasteiger partial charge in [0.15, 0.2) is 0 Å². The second-order valence-electron chi connectivity index (χ2n) is 6.02. The van der Waals surface area contributed by atoms with Crippen molar-refractivity contribution in [1.82, 2.24) is 0 Å². The number of rotatable bonds is 2. The maximum atomic E-state index is 10.3. The molecule has 4 heteroatoms. The van der Waals surface area contributed by atoms with Crippen LogP contribution in [0.2, 0.25) is 0 Å². The van der Waals surface area contributed by atoms with Crippen molar-refractivity contribution in [3.63, 3.8) is 0 Å². The van der Waals surface area contributed by atoms with Crippen LogP contribution in [0, 0.1) is 16.9 Å². The number of aliphatic hydroxyl groups is 1. The zero-order valence-electron chi connectivity index (χ0n) is 11.6. The van der Waals surface area contributed by atoms with Gasteiger partial charge >= 0.3 is 20.4 Å². The molecule has 0 heterocycles. The van der Waals surface area contributed by atoms with Crippen molar-refractivity contribution in [2.45, 2.75) is 53.6 Å². The molecule has 0 rings (SSSR count). The van der Waals surface area contributed by atoms with E-state index in [1.165, 1.54) is 0 Å². The quantitative estimate of drug-likeness (QED) is 0.457. The van der Waals surface area contributed by atoms with Gasteiger partial charge in [0.1, 0.15) is 0 Å². The molecule has 0 aliphatic rings. The van der Waals surface area contributed by atoms with E-state index in [4.69, 9.17) is 0 Å². The number of hydrogen-bond donors (Lipinski definition) is 1. The summed E-state index contributed by atoms with van der Waals surface area (Å²) in [4.78, 5) is 0. The minimum atomic E-state index is -0.898. The Morgan fingerprint density at radius 2 is 1.31 bits per heavy atom. The van der Waals surface area contributed by atoms with E-state index in [2.05, 4.69) is 33.4 Å². The van der Waals surface area contributed by atoms with Crippen molar-refractivity contribution in [2.75, 3.05) is 0 Å². The monoisotopic (exact) mass is 358 g/mol. The summed E-state index contributed by atoms with van der Waals surface area (Å²) in [6.07, 6.45) is 3.47. The SMILES string of the molecule is C=[C-][C@](O)(CC(C)(C)C)C(C)(C)C.P.P.[PdH+]. The van der Waals surface area contributed by atoms with E-state index < -0.39 is 5.60 Å². The molecule has 3 atom stereocenters. The fraction of sp³-hybridized carbons (Fsp3) is 0.833. The van der Waals surface area contributed by atoms with Gasteiger partial charge in [0.25, 0.3) is 0 Å². The molecule has 0 bridgehead atoms. The van der Waals surface area contributed by atoms with Gasteiger partial charge in [-0.05, 0) is 17.3 Å². The molecule has 0 aliphatic carbocycles. The minimum absolute atomic E-state index is 0. The molecule has 0 saturated heterocycles. The first kappa shape index (κ1) is 25.9. The molecule has 0 aromatic rings. The molecule has 0 fully saturated rings. The second-order valence-corrected chi connectivity index (χ2v) is 6.02. The molecule has 0 spiro atoms. The average Bonchev–Trinajstić information content (AvgIpc) is 1.81. The summed E-state index contributed by atoms with van der Waals surface area (Å²) >= 11 is 0. The first-order chi connectivity index (χ1) is 5.52. The summed E-state index contributed by atoms with van der Waals surface area (Å²) in [5, 5.41) is 10.3. The Hall–Kier alpha value is 1.22. The Morgan fingerprint density at radius 1 is 1.00 bits per heavy atom. The first-order valence-electron chi connectivity index (χ1n) is 4.78. The van der Waals surface area contributed by atoms with Gasteiger partial charge in [-0.3, -0.25) is 6.58 Å². The van der Waals surface area contributed by atoms with Crippen LogP contribution < -0.4 is 0 Å². The third-order valence-corrected chi connectivity index (χ3v) is 2.32. The van der Waals surface area contributed by atoms with Crippen molar-refractivity contribution in [2.24, 2.45) is 10.8 Å². The molecule has 16 heavy (non-hydrogen) atoms. The molecular weight excluding hydrogens is 328 g/mol. The van der Waals surface area contributed by atoms with Crippen molar-refractivity contribution >= 4 is 19.8 Å². The summed E-state index contributed by atoms with van der Waals surface area (Å²) in [5.74, 6) is 0. The Bertz CT molecular complexity index is 194. The van der Waals surface area contributed by atoms with Gasteiger partial charge in [-0.1, -0.05) is 47.1 Å². The Balaban J connectivity index is -0.000000240. The van der Waals surface area contributed by atoms with Crippen LogP contribution in [-0.2, 0) is 20.4 Å². The first-order valence-corrected chi connectivity index (χ1v) is 4.78. The van der Waals surface area contributed by atoms with Gasteiger partial charge in [0, 0.05) is 0 Å². The van der Waals surface area contributed by atoms with Crippen LogP contribution in [0.1, 0.15) is 48.0 Å². The summed E-state index contributed by atoms with van der Waals surface area (Å²) in [6.45, 7) is 16.0. The van der Waals surface area contributed by atoms with Crippen LogP contribution >= 0.6 is 19.8 Å². The van der Waals surface area contributed by atoms with E-state index in [1.54, 1.807) is 0 Å². The molecule has 1 radical (unpaired) electrons. The van der Waals surface area contributed by atoms with Gasteiger partial charge in [-0.2, -0.15) is 19.8 Å². The molecule has 0 amide bonds. The zero-order chi connectivity index (χ0) is 10.9. The average molecular weight is 359 g/mol. The van der Waals surface area contributed by atoms with Crippen LogP contribution in [0.3, 0.4) is 0 Å². The van der Waals surface area contributed by atoms with Gasteiger partial charge in [0.2, 0.25) is 0 Å². The molecule has 2 unspecified atom stereocenters. The standard InChI is InChI=1S/C12H23O.2H3P.Pd.H/c1-8-12(13,11(5,6)7)9-10(2,3)4;;;;/h13H,1,9H2,2-7H3;2*1H3;;/q-1;;;+1;/t12-;;;;/m0..../s1. The summed E-state index contributed by atoms with van der Waals surface area (Å²) < 4.78 is 0.